The highest BCUT2D eigenvalue weighted by atomic mass is 35.5. The molecule has 0 aromatic heterocycles. The number of amides is 2. The zero-order chi connectivity index (χ0) is 20.4. The smallest absolute Gasteiger partial charge is 0.333 e. The maximum atomic E-state index is 14.2. The van der Waals surface area contributed by atoms with Gasteiger partial charge in [0, 0.05) is 23.7 Å². The molecule has 1 saturated carbocycles. The van der Waals surface area contributed by atoms with Gasteiger partial charge >= 0.3 is 12.0 Å². The molecule has 1 aromatic carbocycles. The Morgan fingerprint density at radius 1 is 1.11 bits per heavy atom. The number of hydrazine groups is 1. The quantitative estimate of drug-likeness (QED) is 0.311. The second kappa shape index (κ2) is 11.9. The molecule has 28 heavy (non-hydrogen) atoms. The highest BCUT2D eigenvalue weighted by Gasteiger charge is 2.35. The Kier molecular flexibility index (Phi) is 9.50. The number of rotatable bonds is 11. The molecule has 1 aromatic rings. The van der Waals surface area contributed by atoms with Gasteiger partial charge in [0.05, 0.1) is 0 Å². The van der Waals surface area contributed by atoms with Crippen molar-refractivity contribution in [3.8, 4) is 0 Å². The van der Waals surface area contributed by atoms with Crippen LogP contribution in [0, 0.1) is 11.8 Å². The lowest BCUT2D eigenvalue weighted by Crippen LogP contribution is -2.43. The predicted molar refractivity (Wildman–Crippen MR) is 108 cm³/mol. The van der Waals surface area contributed by atoms with E-state index in [9.17, 15) is 14.0 Å². The van der Waals surface area contributed by atoms with E-state index in [2.05, 4.69) is 16.2 Å². The number of halogens is 2. The van der Waals surface area contributed by atoms with E-state index in [0.717, 1.165) is 32.1 Å². The van der Waals surface area contributed by atoms with Crippen LogP contribution in [0.1, 0.15) is 51.4 Å². The number of unbranched alkanes of at least 4 members (excludes halogenated alkanes) is 3. The van der Waals surface area contributed by atoms with Crippen LogP contribution in [0.4, 0.5) is 14.9 Å². The molecule has 3 atom stereocenters. The Morgan fingerprint density at radius 2 is 1.82 bits per heavy atom. The van der Waals surface area contributed by atoms with Crippen LogP contribution in [0.15, 0.2) is 24.3 Å². The number of carboxylic acid groups (broad SMARTS) is 1. The van der Waals surface area contributed by atoms with Gasteiger partial charge in [-0.15, -0.1) is 0 Å². The average Bonchev–Trinajstić information content (AvgIpc) is 3.00. The second-order valence-electron chi connectivity index (χ2n) is 7.33. The SMILES string of the molecule is O=C(O)CCCCCC[C@@H]1[C@@H](CNNC(=O)Nc2ccc(Cl)cc2)CC[C@H]1F. The van der Waals surface area contributed by atoms with Gasteiger partial charge in [0.15, 0.2) is 0 Å². The lowest BCUT2D eigenvalue weighted by atomic mass is 9.90. The van der Waals surface area contributed by atoms with Crippen molar-refractivity contribution in [1.82, 2.24) is 10.9 Å². The van der Waals surface area contributed by atoms with E-state index < -0.39 is 12.1 Å². The molecule has 1 aliphatic rings. The Hall–Kier alpha value is -1.86. The summed E-state index contributed by atoms with van der Waals surface area (Å²) in [4.78, 5) is 22.4. The molecule has 0 saturated heterocycles. The molecule has 0 heterocycles. The Bertz CT molecular complexity index is 630. The van der Waals surface area contributed by atoms with Crippen molar-refractivity contribution >= 4 is 29.3 Å². The lowest BCUT2D eigenvalue weighted by molar-refractivity contribution is -0.137. The number of carbonyl (C=O) groups is 2. The average molecular weight is 414 g/mol. The van der Waals surface area contributed by atoms with Crippen molar-refractivity contribution in [2.24, 2.45) is 11.8 Å². The summed E-state index contributed by atoms with van der Waals surface area (Å²) in [5.74, 6) is -0.587. The number of carbonyl (C=O) groups excluding carboxylic acids is 1. The summed E-state index contributed by atoms with van der Waals surface area (Å²) in [6.45, 7) is 0.526. The van der Waals surface area contributed by atoms with Crippen LogP contribution < -0.4 is 16.2 Å². The predicted octanol–water partition coefficient (Wildman–Crippen LogP) is 4.76. The van der Waals surface area contributed by atoms with E-state index in [4.69, 9.17) is 16.7 Å². The molecule has 2 rings (SSSR count). The first-order valence-electron chi connectivity index (χ1n) is 9.87. The standard InChI is InChI=1S/C20H29ClFN3O3/c21-15-8-10-16(11-9-15)24-20(28)25-23-13-14-7-12-18(22)17(14)5-3-1-2-4-6-19(26)27/h8-11,14,17-18,23H,1-7,12-13H2,(H,26,27)(H2,24,25,28)/t14-,17-,18-/m1/s1. The summed E-state index contributed by atoms with van der Waals surface area (Å²) >= 11 is 5.81. The number of nitrogens with one attached hydrogen (secondary N) is 3. The van der Waals surface area contributed by atoms with E-state index in [1.54, 1.807) is 24.3 Å². The van der Waals surface area contributed by atoms with Crippen LogP contribution in [0.2, 0.25) is 5.02 Å². The summed E-state index contributed by atoms with van der Waals surface area (Å²) in [5.41, 5.74) is 6.14. The van der Waals surface area contributed by atoms with Gasteiger partial charge < -0.3 is 10.4 Å². The van der Waals surface area contributed by atoms with Gasteiger partial charge in [0.2, 0.25) is 0 Å². The topological polar surface area (TPSA) is 90.5 Å². The molecule has 6 nitrogen and oxygen atoms in total. The highest BCUT2D eigenvalue weighted by molar-refractivity contribution is 6.30. The van der Waals surface area contributed by atoms with E-state index >= 15 is 0 Å². The monoisotopic (exact) mass is 413 g/mol. The molecular formula is C20H29ClFN3O3. The lowest BCUT2D eigenvalue weighted by Gasteiger charge is -2.21. The molecule has 4 N–H and O–H groups in total. The number of urea groups is 1. The molecule has 1 aliphatic carbocycles. The van der Waals surface area contributed by atoms with Crippen molar-refractivity contribution in [3.63, 3.8) is 0 Å². The van der Waals surface area contributed by atoms with Crippen molar-refractivity contribution in [2.75, 3.05) is 11.9 Å². The van der Waals surface area contributed by atoms with Crippen LogP contribution in [0.25, 0.3) is 0 Å². The van der Waals surface area contributed by atoms with E-state index in [-0.39, 0.29) is 24.3 Å². The first-order chi connectivity index (χ1) is 13.5. The van der Waals surface area contributed by atoms with Gasteiger partial charge in [-0.2, -0.15) is 0 Å². The normalized spacial score (nSPS) is 21.4. The summed E-state index contributed by atoms with van der Waals surface area (Å²) in [7, 11) is 0. The maximum absolute atomic E-state index is 14.2. The first-order valence-corrected chi connectivity index (χ1v) is 10.2. The molecule has 0 aliphatic heterocycles. The molecule has 156 valence electrons. The second-order valence-corrected chi connectivity index (χ2v) is 7.77. The van der Waals surface area contributed by atoms with Crippen LogP contribution in [-0.4, -0.2) is 29.8 Å². The maximum Gasteiger partial charge on any atom is 0.333 e. The third-order valence-corrected chi connectivity index (χ3v) is 5.48. The van der Waals surface area contributed by atoms with Gasteiger partial charge in [-0.1, -0.05) is 30.9 Å². The van der Waals surface area contributed by atoms with Gasteiger partial charge in [-0.3, -0.25) is 10.2 Å². The largest absolute Gasteiger partial charge is 0.481 e. The minimum Gasteiger partial charge on any atom is -0.481 e. The summed E-state index contributed by atoms with van der Waals surface area (Å²) < 4.78 is 14.2. The van der Waals surface area contributed by atoms with Crippen LogP contribution in [0.5, 0.6) is 0 Å². The third-order valence-electron chi connectivity index (χ3n) is 5.23. The molecule has 8 heteroatoms. The van der Waals surface area contributed by atoms with Crippen LogP contribution in [-0.2, 0) is 4.79 Å². The number of benzene rings is 1. The fourth-order valence-corrected chi connectivity index (χ4v) is 3.86. The molecular weight excluding hydrogens is 385 g/mol. The highest BCUT2D eigenvalue weighted by Crippen LogP contribution is 2.37. The molecule has 1 fully saturated rings. The van der Waals surface area contributed by atoms with Crippen molar-refractivity contribution in [2.45, 2.75) is 57.5 Å². The van der Waals surface area contributed by atoms with Crippen molar-refractivity contribution < 1.29 is 19.1 Å². The molecule has 0 radical (unpaired) electrons. The van der Waals surface area contributed by atoms with Gasteiger partial charge in [0.25, 0.3) is 0 Å². The Labute approximate surface area is 170 Å². The van der Waals surface area contributed by atoms with Crippen LogP contribution >= 0.6 is 11.6 Å². The zero-order valence-electron chi connectivity index (χ0n) is 15.9. The van der Waals surface area contributed by atoms with Crippen molar-refractivity contribution in [1.29, 1.82) is 0 Å². The minimum atomic E-state index is -0.797. The molecule has 0 spiro atoms. The van der Waals surface area contributed by atoms with Gasteiger partial charge in [0.1, 0.15) is 6.17 Å². The number of hydrogen-bond donors (Lipinski definition) is 4. The number of carboxylic acids is 1. The van der Waals surface area contributed by atoms with E-state index in [1.165, 1.54) is 0 Å². The fraction of sp³-hybridized carbons (Fsp3) is 0.600. The summed E-state index contributed by atoms with van der Waals surface area (Å²) in [6, 6.07) is 6.42. The van der Waals surface area contributed by atoms with Crippen molar-refractivity contribution in [3.05, 3.63) is 29.3 Å². The first kappa shape index (κ1) is 22.4. The minimum absolute atomic E-state index is 0.00639. The Balaban J connectivity index is 1.63. The Morgan fingerprint density at radius 3 is 2.54 bits per heavy atom. The number of anilines is 1. The van der Waals surface area contributed by atoms with Crippen LogP contribution in [0.3, 0.4) is 0 Å². The summed E-state index contributed by atoms with van der Waals surface area (Å²) in [5, 5.41) is 11.9. The van der Waals surface area contributed by atoms with Gasteiger partial charge in [-0.05, 0) is 61.8 Å². The molecule has 0 unspecified atom stereocenters. The zero-order valence-corrected chi connectivity index (χ0v) is 16.7. The summed E-state index contributed by atoms with van der Waals surface area (Å²) in [6.07, 6.45) is 4.95. The molecule has 0 bridgehead atoms. The van der Waals surface area contributed by atoms with E-state index in [0.29, 0.717) is 30.1 Å². The third kappa shape index (κ3) is 8.02. The molecule has 2 amide bonds. The number of alkyl halides is 1. The number of hydrogen-bond acceptors (Lipinski definition) is 3. The number of aliphatic carboxylic acids is 1. The fourth-order valence-electron chi connectivity index (χ4n) is 3.73. The van der Waals surface area contributed by atoms with Gasteiger partial charge in [-0.25, -0.2) is 14.6 Å². The van der Waals surface area contributed by atoms with E-state index in [1.807, 2.05) is 0 Å².